The number of nitrogens with one attached hydrogen (secondary N) is 1. The van der Waals surface area contributed by atoms with Crippen LogP contribution in [0.5, 0.6) is 0 Å². The van der Waals surface area contributed by atoms with Gasteiger partial charge in [-0.1, -0.05) is 12.1 Å². The second kappa shape index (κ2) is 8.31. The Hall–Kier alpha value is -2.73. The summed E-state index contributed by atoms with van der Waals surface area (Å²) in [4.78, 5) is 32.3. The minimum Gasteiger partial charge on any atom is -0.342 e. The quantitative estimate of drug-likeness (QED) is 0.884. The first kappa shape index (κ1) is 19.0. The van der Waals surface area contributed by atoms with Crippen LogP contribution in [0.15, 0.2) is 42.7 Å². The van der Waals surface area contributed by atoms with Crippen molar-refractivity contribution in [3.05, 3.63) is 59.4 Å². The van der Waals surface area contributed by atoms with Crippen LogP contribution in [-0.4, -0.2) is 52.8 Å². The molecule has 0 radical (unpaired) electrons. The zero-order valence-electron chi connectivity index (χ0n) is 16.1. The van der Waals surface area contributed by atoms with Gasteiger partial charge < -0.3 is 10.2 Å². The molecule has 27 heavy (non-hydrogen) atoms. The fourth-order valence-electron chi connectivity index (χ4n) is 3.42. The Kier molecular flexibility index (Phi) is 5.86. The summed E-state index contributed by atoms with van der Waals surface area (Å²) in [7, 11) is 1.86. The van der Waals surface area contributed by atoms with E-state index < -0.39 is 0 Å². The van der Waals surface area contributed by atoms with Gasteiger partial charge in [0.2, 0.25) is 5.91 Å². The van der Waals surface area contributed by atoms with E-state index in [9.17, 15) is 9.59 Å². The van der Waals surface area contributed by atoms with Crippen molar-refractivity contribution in [2.75, 3.05) is 25.5 Å². The van der Waals surface area contributed by atoms with Crippen LogP contribution >= 0.6 is 0 Å². The molecule has 2 heterocycles. The van der Waals surface area contributed by atoms with Crippen LogP contribution in [0.4, 0.5) is 5.69 Å². The van der Waals surface area contributed by atoms with Gasteiger partial charge in [-0.2, -0.15) is 0 Å². The minimum atomic E-state index is -0.139. The highest BCUT2D eigenvalue weighted by Crippen LogP contribution is 2.18. The van der Waals surface area contributed by atoms with E-state index in [1.807, 2.05) is 49.2 Å². The van der Waals surface area contributed by atoms with Crippen LogP contribution in [0.25, 0.3) is 0 Å². The van der Waals surface area contributed by atoms with E-state index in [1.54, 1.807) is 19.3 Å². The Bertz CT molecular complexity index is 836. The van der Waals surface area contributed by atoms with Crippen LogP contribution in [-0.2, 0) is 11.3 Å². The number of pyridine rings is 1. The maximum Gasteiger partial charge on any atom is 0.255 e. The number of hydrogen-bond donors (Lipinski definition) is 1. The van der Waals surface area contributed by atoms with Crippen LogP contribution in [0.3, 0.4) is 0 Å². The maximum atomic E-state index is 12.5. The summed E-state index contributed by atoms with van der Waals surface area (Å²) in [5.74, 6) is -0.0361. The van der Waals surface area contributed by atoms with E-state index in [2.05, 4.69) is 15.2 Å². The van der Waals surface area contributed by atoms with Crippen LogP contribution in [0, 0.1) is 6.92 Å². The molecule has 0 aliphatic carbocycles. The molecule has 6 nitrogen and oxygen atoms in total. The molecule has 1 N–H and O–H groups in total. The molecule has 1 fully saturated rings. The standard InChI is InChI=1S/C21H26N4O2/c1-15-9-19(12-22-11-15)23-21(27)18-6-4-5-17(10-18)13-25-8-7-20(14-25)24(3)16(2)26/h4-6,9-12,20H,7-8,13-14H2,1-3H3,(H,23,27)/t20-/m0/s1. The van der Waals surface area contributed by atoms with Crippen molar-refractivity contribution in [1.29, 1.82) is 0 Å². The van der Waals surface area contributed by atoms with Crippen molar-refractivity contribution in [2.45, 2.75) is 32.9 Å². The average molecular weight is 366 g/mol. The Morgan fingerprint density at radius 1 is 1.30 bits per heavy atom. The number of anilines is 1. The first-order valence-electron chi connectivity index (χ1n) is 9.20. The fraction of sp³-hybridized carbons (Fsp3) is 0.381. The third-order valence-corrected chi connectivity index (χ3v) is 5.02. The Morgan fingerprint density at radius 3 is 2.85 bits per heavy atom. The molecule has 1 saturated heterocycles. The average Bonchev–Trinajstić information content (AvgIpc) is 3.09. The molecule has 0 saturated carbocycles. The molecule has 1 aromatic heterocycles. The lowest BCUT2D eigenvalue weighted by Crippen LogP contribution is -2.37. The molecule has 2 amide bonds. The van der Waals surface area contributed by atoms with Gasteiger partial charge in [0, 0.05) is 51.4 Å². The number of carbonyl (C=O) groups is 2. The predicted octanol–water partition coefficient (Wildman–Crippen LogP) is 2.69. The first-order chi connectivity index (χ1) is 12.9. The van der Waals surface area contributed by atoms with E-state index in [4.69, 9.17) is 0 Å². The van der Waals surface area contributed by atoms with Crippen molar-refractivity contribution in [1.82, 2.24) is 14.8 Å². The third-order valence-electron chi connectivity index (χ3n) is 5.02. The smallest absolute Gasteiger partial charge is 0.255 e. The molecule has 6 heteroatoms. The van der Waals surface area contributed by atoms with Gasteiger partial charge in [-0.05, 0) is 42.7 Å². The van der Waals surface area contributed by atoms with Crippen LogP contribution in [0.2, 0.25) is 0 Å². The fourth-order valence-corrected chi connectivity index (χ4v) is 3.42. The summed E-state index contributed by atoms with van der Waals surface area (Å²) in [6.07, 6.45) is 4.38. The Balaban J connectivity index is 1.62. The number of carbonyl (C=O) groups excluding carboxylic acids is 2. The molecule has 3 rings (SSSR count). The number of likely N-dealkylation sites (N-methyl/N-ethyl adjacent to an activating group) is 1. The Labute approximate surface area is 160 Å². The number of benzene rings is 1. The van der Waals surface area contributed by atoms with Gasteiger partial charge in [-0.3, -0.25) is 19.5 Å². The zero-order chi connectivity index (χ0) is 19.4. The van der Waals surface area contributed by atoms with Crippen molar-refractivity contribution in [3.63, 3.8) is 0 Å². The summed E-state index contributed by atoms with van der Waals surface area (Å²) >= 11 is 0. The molecule has 2 aromatic rings. The van der Waals surface area contributed by atoms with Crippen LogP contribution in [0.1, 0.15) is 34.8 Å². The van der Waals surface area contributed by atoms with Gasteiger partial charge in [0.15, 0.2) is 0 Å². The lowest BCUT2D eigenvalue weighted by Gasteiger charge is -2.23. The van der Waals surface area contributed by atoms with E-state index in [1.165, 1.54) is 0 Å². The number of aromatic nitrogens is 1. The topological polar surface area (TPSA) is 65.5 Å². The van der Waals surface area contributed by atoms with Crippen molar-refractivity contribution in [3.8, 4) is 0 Å². The minimum absolute atomic E-state index is 0.103. The number of rotatable bonds is 5. The normalized spacial score (nSPS) is 16.9. The van der Waals surface area contributed by atoms with E-state index >= 15 is 0 Å². The molecular weight excluding hydrogens is 340 g/mol. The van der Waals surface area contributed by atoms with E-state index in [-0.39, 0.29) is 17.9 Å². The summed E-state index contributed by atoms with van der Waals surface area (Å²) < 4.78 is 0. The number of aryl methyl sites for hydroxylation is 1. The predicted molar refractivity (Wildman–Crippen MR) is 105 cm³/mol. The second-order valence-electron chi connectivity index (χ2n) is 7.21. The SMILES string of the molecule is CC(=O)N(C)[C@H]1CCN(Cc2cccc(C(=O)Nc3cncc(C)c3)c2)C1. The van der Waals surface area contributed by atoms with Gasteiger partial charge in [-0.15, -0.1) is 0 Å². The number of nitrogens with zero attached hydrogens (tertiary/aromatic N) is 3. The van der Waals surface area contributed by atoms with E-state index in [0.717, 1.165) is 37.2 Å². The van der Waals surface area contributed by atoms with Gasteiger partial charge in [-0.25, -0.2) is 0 Å². The lowest BCUT2D eigenvalue weighted by atomic mass is 10.1. The number of amides is 2. The number of likely N-dealkylation sites (tertiary alicyclic amines) is 1. The van der Waals surface area contributed by atoms with Crippen molar-refractivity contribution in [2.24, 2.45) is 0 Å². The summed E-state index contributed by atoms with van der Waals surface area (Å²) in [6.45, 7) is 6.13. The molecule has 1 aliphatic rings. The van der Waals surface area contributed by atoms with Crippen LogP contribution < -0.4 is 5.32 Å². The van der Waals surface area contributed by atoms with Gasteiger partial charge >= 0.3 is 0 Å². The zero-order valence-corrected chi connectivity index (χ0v) is 16.1. The second-order valence-corrected chi connectivity index (χ2v) is 7.21. The molecule has 0 unspecified atom stereocenters. The highest BCUT2D eigenvalue weighted by atomic mass is 16.2. The largest absolute Gasteiger partial charge is 0.342 e. The molecule has 0 spiro atoms. The molecule has 1 atom stereocenters. The highest BCUT2D eigenvalue weighted by Gasteiger charge is 2.26. The molecule has 0 bridgehead atoms. The van der Waals surface area contributed by atoms with Gasteiger partial charge in [0.1, 0.15) is 0 Å². The summed E-state index contributed by atoms with van der Waals surface area (Å²) in [5.41, 5.74) is 3.42. The Morgan fingerprint density at radius 2 is 2.11 bits per heavy atom. The van der Waals surface area contributed by atoms with Crippen molar-refractivity contribution < 1.29 is 9.59 Å². The van der Waals surface area contributed by atoms with E-state index in [0.29, 0.717) is 11.3 Å². The third kappa shape index (κ3) is 4.92. The highest BCUT2D eigenvalue weighted by molar-refractivity contribution is 6.04. The molecule has 142 valence electrons. The first-order valence-corrected chi connectivity index (χ1v) is 9.20. The van der Waals surface area contributed by atoms with Gasteiger partial charge in [0.25, 0.3) is 5.91 Å². The maximum absolute atomic E-state index is 12.5. The van der Waals surface area contributed by atoms with Gasteiger partial charge in [0.05, 0.1) is 11.9 Å². The summed E-state index contributed by atoms with van der Waals surface area (Å²) in [6, 6.07) is 9.85. The lowest BCUT2D eigenvalue weighted by molar-refractivity contribution is -0.129. The molecule has 1 aliphatic heterocycles. The summed E-state index contributed by atoms with van der Waals surface area (Å²) in [5, 5.41) is 2.90. The monoisotopic (exact) mass is 366 g/mol. The van der Waals surface area contributed by atoms with Crippen molar-refractivity contribution >= 4 is 17.5 Å². The molecular formula is C21H26N4O2. The number of hydrogen-bond acceptors (Lipinski definition) is 4. The molecule has 1 aromatic carbocycles.